The Bertz CT molecular complexity index is 524. The maximum absolute atomic E-state index is 12.8. The second kappa shape index (κ2) is 5.62. The van der Waals surface area contributed by atoms with Crippen LogP contribution in [0.5, 0.6) is 0 Å². The van der Waals surface area contributed by atoms with Gasteiger partial charge in [-0.25, -0.2) is 4.79 Å². The van der Waals surface area contributed by atoms with E-state index in [1.165, 1.54) is 22.6 Å². The molecular formula is C11H5F6IO2. The fourth-order valence-corrected chi connectivity index (χ4v) is 2.04. The van der Waals surface area contributed by atoms with Gasteiger partial charge in [0.05, 0.1) is 11.1 Å². The van der Waals surface area contributed by atoms with Gasteiger partial charge in [-0.1, -0.05) is 0 Å². The summed E-state index contributed by atoms with van der Waals surface area (Å²) in [6.07, 6.45) is -9.53. The fourth-order valence-electron chi connectivity index (χ4n) is 1.42. The van der Waals surface area contributed by atoms with Crippen molar-refractivity contribution in [3.8, 4) is 0 Å². The molecule has 0 saturated carbocycles. The summed E-state index contributed by atoms with van der Waals surface area (Å²) in [5.74, 6) is -1.65. The lowest BCUT2D eigenvalue weighted by molar-refractivity contribution is -0.143. The molecule has 110 valence electrons. The van der Waals surface area contributed by atoms with E-state index in [0.29, 0.717) is 18.2 Å². The van der Waals surface area contributed by atoms with Crippen molar-refractivity contribution < 1.29 is 36.2 Å². The van der Waals surface area contributed by atoms with E-state index in [4.69, 9.17) is 5.11 Å². The first-order valence-corrected chi connectivity index (χ1v) is 5.89. The summed E-state index contributed by atoms with van der Waals surface area (Å²) in [4.78, 5) is 10.3. The van der Waals surface area contributed by atoms with E-state index in [9.17, 15) is 31.1 Å². The van der Waals surface area contributed by atoms with Crippen LogP contribution in [0.15, 0.2) is 18.2 Å². The monoisotopic (exact) mass is 410 g/mol. The summed E-state index contributed by atoms with van der Waals surface area (Å²) in [7, 11) is 0. The highest BCUT2D eigenvalue weighted by Gasteiger charge is 2.40. The molecule has 1 aromatic carbocycles. The van der Waals surface area contributed by atoms with Gasteiger partial charge in [-0.3, -0.25) is 0 Å². The van der Waals surface area contributed by atoms with Gasteiger partial charge in [0.2, 0.25) is 0 Å². The number of carboxylic acids is 1. The third kappa shape index (κ3) is 4.12. The molecule has 0 fully saturated rings. The number of rotatable bonds is 2. The Morgan fingerprint density at radius 3 is 1.75 bits per heavy atom. The van der Waals surface area contributed by atoms with Crippen molar-refractivity contribution in [2.24, 2.45) is 0 Å². The van der Waals surface area contributed by atoms with Crippen molar-refractivity contribution in [1.29, 1.82) is 0 Å². The summed E-state index contributed by atoms with van der Waals surface area (Å²) < 4.78 is 76.4. The van der Waals surface area contributed by atoms with Gasteiger partial charge in [0.25, 0.3) is 0 Å². The number of hydrogen-bond donors (Lipinski definition) is 1. The van der Waals surface area contributed by atoms with E-state index in [-0.39, 0.29) is 9.65 Å². The second-order valence-corrected chi connectivity index (χ2v) is 4.83. The van der Waals surface area contributed by atoms with Crippen LogP contribution in [0.1, 0.15) is 16.7 Å². The zero-order chi connectivity index (χ0) is 15.7. The largest absolute Gasteiger partial charge is 0.478 e. The molecule has 0 spiro atoms. The van der Waals surface area contributed by atoms with Crippen LogP contribution in [-0.2, 0) is 17.1 Å². The minimum atomic E-state index is -5.03. The Balaban J connectivity index is 3.67. The van der Waals surface area contributed by atoms with Crippen LogP contribution in [0, 0.1) is 3.57 Å². The van der Waals surface area contributed by atoms with Gasteiger partial charge in [-0.05, 0) is 46.4 Å². The molecule has 0 saturated heterocycles. The maximum Gasteiger partial charge on any atom is 0.417 e. The lowest BCUT2D eigenvalue weighted by Gasteiger charge is -2.17. The zero-order valence-electron chi connectivity index (χ0n) is 9.31. The normalized spacial score (nSPS) is 12.9. The molecule has 0 radical (unpaired) electrons. The number of benzene rings is 1. The number of carbonyl (C=O) groups is 1. The van der Waals surface area contributed by atoms with Crippen LogP contribution < -0.4 is 0 Å². The Morgan fingerprint density at radius 2 is 1.45 bits per heavy atom. The highest BCUT2D eigenvalue weighted by Crippen LogP contribution is 2.41. The molecule has 2 nitrogen and oxygen atoms in total. The van der Waals surface area contributed by atoms with E-state index < -0.39 is 35.0 Å². The van der Waals surface area contributed by atoms with E-state index in [1.54, 1.807) is 0 Å². The zero-order valence-corrected chi connectivity index (χ0v) is 11.5. The third-order valence-electron chi connectivity index (χ3n) is 2.15. The average molecular weight is 410 g/mol. The molecule has 0 atom stereocenters. The topological polar surface area (TPSA) is 37.3 Å². The third-order valence-corrected chi connectivity index (χ3v) is 2.77. The first-order valence-electron chi connectivity index (χ1n) is 4.82. The van der Waals surface area contributed by atoms with Gasteiger partial charge in [-0.2, -0.15) is 26.3 Å². The minimum Gasteiger partial charge on any atom is -0.478 e. The molecule has 9 heteroatoms. The minimum absolute atomic E-state index is 0.229. The lowest BCUT2D eigenvalue weighted by atomic mass is 9.99. The molecule has 0 aliphatic carbocycles. The highest BCUT2D eigenvalue weighted by molar-refractivity contribution is 14.1. The molecule has 1 aromatic rings. The molecule has 1 rings (SSSR count). The Morgan fingerprint density at radius 1 is 1.05 bits per heavy atom. The summed E-state index contributed by atoms with van der Waals surface area (Å²) in [5, 5.41) is 8.37. The first kappa shape index (κ1) is 16.8. The molecule has 0 amide bonds. The molecule has 0 aromatic heterocycles. The summed E-state index contributed by atoms with van der Waals surface area (Å²) in [5.41, 5.74) is -4.28. The molecular weight excluding hydrogens is 405 g/mol. The van der Waals surface area contributed by atoms with Crippen LogP contribution in [0.4, 0.5) is 26.3 Å². The predicted octanol–water partition coefficient (Wildman–Crippen LogP) is 4.43. The first-order chi connectivity index (χ1) is 8.93. The number of aliphatic carboxylic acids is 1. The number of alkyl halides is 6. The van der Waals surface area contributed by atoms with Gasteiger partial charge < -0.3 is 5.11 Å². The van der Waals surface area contributed by atoms with Crippen LogP contribution >= 0.6 is 22.6 Å². The van der Waals surface area contributed by atoms with Crippen LogP contribution in [0.25, 0.3) is 6.08 Å². The Labute approximate surface area is 122 Å². The fraction of sp³-hybridized carbons (Fsp3) is 0.182. The van der Waals surface area contributed by atoms with Crippen molar-refractivity contribution in [3.05, 3.63) is 38.5 Å². The quantitative estimate of drug-likeness (QED) is 0.445. The van der Waals surface area contributed by atoms with Gasteiger partial charge >= 0.3 is 18.3 Å². The summed E-state index contributed by atoms with van der Waals surface area (Å²) in [6.45, 7) is 0. The predicted molar refractivity (Wildman–Crippen MR) is 65.8 cm³/mol. The van der Waals surface area contributed by atoms with Gasteiger partial charge in [0, 0.05) is 9.65 Å². The SMILES string of the molecule is O=C(O)/C=C/c1c(C(F)(F)F)cc(I)cc1C(F)(F)F. The van der Waals surface area contributed by atoms with Gasteiger partial charge in [0.15, 0.2) is 0 Å². The smallest absolute Gasteiger partial charge is 0.417 e. The maximum atomic E-state index is 12.8. The standard InChI is InChI=1S/C11H5F6IO2/c12-10(13,14)7-3-5(18)4-8(11(15,16)17)6(7)1-2-9(19)20/h1-4H,(H,19,20)/b2-1+. The molecule has 20 heavy (non-hydrogen) atoms. The Hall–Kier alpha value is -1.26. The number of carboxylic acid groups (broad SMARTS) is 1. The van der Waals surface area contributed by atoms with Crippen LogP contribution in [0.2, 0.25) is 0 Å². The summed E-state index contributed by atoms with van der Waals surface area (Å²) >= 11 is 1.33. The van der Waals surface area contributed by atoms with Crippen molar-refractivity contribution >= 4 is 34.6 Å². The van der Waals surface area contributed by atoms with E-state index in [0.717, 1.165) is 0 Å². The summed E-state index contributed by atoms with van der Waals surface area (Å²) in [6, 6.07) is 1.05. The highest BCUT2D eigenvalue weighted by atomic mass is 127. The molecule has 0 aliphatic heterocycles. The molecule has 1 N–H and O–H groups in total. The van der Waals surface area contributed by atoms with Crippen molar-refractivity contribution in [1.82, 2.24) is 0 Å². The van der Waals surface area contributed by atoms with Crippen LogP contribution in [-0.4, -0.2) is 11.1 Å². The molecule has 0 heterocycles. The number of hydrogen-bond acceptors (Lipinski definition) is 1. The van der Waals surface area contributed by atoms with Crippen LogP contribution in [0.3, 0.4) is 0 Å². The van der Waals surface area contributed by atoms with Crippen molar-refractivity contribution in [2.75, 3.05) is 0 Å². The second-order valence-electron chi connectivity index (χ2n) is 3.58. The van der Waals surface area contributed by atoms with E-state index in [1.807, 2.05) is 0 Å². The molecule has 0 unspecified atom stereocenters. The van der Waals surface area contributed by atoms with Crippen molar-refractivity contribution in [2.45, 2.75) is 12.4 Å². The number of halogens is 7. The molecule has 0 bridgehead atoms. The van der Waals surface area contributed by atoms with E-state index >= 15 is 0 Å². The Kier molecular flexibility index (Phi) is 4.72. The lowest BCUT2D eigenvalue weighted by Crippen LogP contribution is -2.15. The average Bonchev–Trinajstić information content (AvgIpc) is 2.23. The van der Waals surface area contributed by atoms with Gasteiger partial charge in [-0.15, -0.1) is 0 Å². The van der Waals surface area contributed by atoms with E-state index in [2.05, 4.69) is 0 Å². The molecule has 0 aliphatic rings. The van der Waals surface area contributed by atoms with Gasteiger partial charge in [0.1, 0.15) is 0 Å². The van der Waals surface area contributed by atoms with Crippen molar-refractivity contribution in [3.63, 3.8) is 0 Å².